The van der Waals surface area contributed by atoms with Crippen molar-refractivity contribution in [2.24, 2.45) is 12.8 Å². The number of nitrogens with zero attached hydrogens (tertiary/aromatic N) is 2. The third kappa shape index (κ3) is 2.07. The number of ether oxygens (including phenoxy) is 1. The largest absolute Gasteiger partial charge is 0.481 e. The number of methoxy groups -OCH3 is 1. The van der Waals surface area contributed by atoms with Crippen LogP contribution in [-0.4, -0.2) is 16.9 Å². The van der Waals surface area contributed by atoms with Crippen LogP contribution in [0.25, 0.3) is 0 Å². The van der Waals surface area contributed by atoms with Crippen molar-refractivity contribution in [3.63, 3.8) is 0 Å². The molecule has 2 N–H and O–H groups in total. The second-order valence-electron chi connectivity index (χ2n) is 3.37. The van der Waals surface area contributed by atoms with Crippen molar-refractivity contribution in [1.82, 2.24) is 9.78 Å². The quantitative estimate of drug-likeness (QED) is 0.772. The number of rotatable bonds is 5. The number of hydrogen-bond donors (Lipinski definition) is 1. The minimum atomic E-state index is 0.496. The Morgan fingerprint density at radius 2 is 2.21 bits per heavy atom. The first-order valence-corrected chi connectivity index (χ1v) is 5.03. The SMILES string of the molecule is CCCCc1nn(C)c(OC)c1CN. The zero-order chi connectivity index (χ0) is 10.6. The van der Waals surface area contributed by atoms with E-state index in [1.54, 1.807) is 11.8 Å². The molecule has 0 aliphatic rings. The summed E-state index contributed by atoms with van der Waals surface area (Å²) < 4.78 is 7.01. The normalized spacial score (nSPS) is 10.6. The molecule has 1 rings (SSSR count). The molecule has 1 aromatic heterocycles. The molecule has 0 amide bonds. The van der Waals surface area contributed by atoms with E-state index in [0.717, 1.165) is 30.0 Å². The van der Waals surface area contributed by atoms with Gasteiger partial charge in [-0.2, -0.15) is 5.10 Å². The highest BCUT2D eigenvalue weighted by atomic mass is 16.5. The molecular formula is C10H19N3O. The Balaban J connectivity index is 2.92. The summed E-state index contributed by atoms with van der Waals surface area (Å²) in [5.41, 5.74) is 7.80. The topological polar surface area (TPSA) is 53.1 Å². The highest BCUT2D eigenvalue weighted by Crippen LogP contribution is 2.21. The standard InChI is InChI=1S/C10H19N3O/c1-4-5-6-9-8(7-11)10(14-3)13(2)12-9/h4-7,11H2,1-3H3. The molecule has 0 aliphatic carbocycles. The van der Waals surface area contributed by atoms with Crippen molar-refractivity contribution >= 4 is 0 Å². The maximum absolute atomic E-state index is 5.68. The van der Waals surface area contributed by atoms with E-state index in [-0.39, 0.29) is 0 Å². The highest BCUT2D eigenvalue weighted by molar-refractivity contribution is 5.31. The molecule has 0 radical (unpaired) electrons. The smallest absolute Gasteiger partial charge is 0.216 e. The summed E-state index contributed by atoms with van der Waals surface area (Å²) in [5, 5.41) is 4.40. The fourth-order valence-corrected chi connectivity index (χ4v) is 1.61. The minimum absolute atomic E-state index is 0.496. The van der Waals surface area contributed by atoms with Crippen molar-refractivity contribution in [2.45, 2.75) is 32.7 Å². The number of hydrogen-bond acceptors (Lipinski definition) is 3. The molecule has 0 fully saturated rings. The van der Waals surface area contributed by atoms with E-state index in [9.17, 15) is 0 Å². The summed E-state index contributed by atoms with van der Waals surface area (Å²) in [6, 6.07) is 0. The third-order valence-electron chi connectivity index (χ3n) is 2.34. The Labute approximate surface area is 85.0 Å². The average Bonchev–Trinajstić information content (AvgIpc) is 2.50. The van der Waals surface area contributed by atoms with E-state index in [1.165, 1.54) is 6.42 Å². The van der Waals surface area contributed by atoms with Gasteiger partial charge < -0.3 is 10.5 Å². The number of aromatic nitrogens is 2. The lowest BCUT2D eigenvalue weighted by atomic mass is 10.1. The molecule has 0 aromatic carbocycles. The number of aryl methyl sites for hydroxylation is 2. The van der Waals surface area contributed by atoms with Crippen molar-refractivity contribution in [3.05, 3.63) is 11.3 Å². The molecule has 14 heavy (non-hydrogen) atoms. The van der Waals surface area contributed by atoms with Crippen LogP contribution in [-0.2, 0) is 20.0 Å². The summed E-state index contributed by atoms with van der Waals surface area (Å²) in [5.74, 6) is 0.790. The number of unbranched alkanes of at least 4 members (excludes halogenated alkanes) is 1. The average molecular weight is 197 g/mol. The molecule has 0 saturated carbocycles. The summed E-state index contributed by atoms with van der Waals surface area (Å²) in [6.45, 7) is 2.67. The zero-order valence-corrected chi connectivity index (χ0v) is 9.21. The summed E-state index contributed by atoms with van der Waals surface area (Å²) in [4.78, 5) is 0. The maximum Gasteiger partial charge on any atom is 0.216 e. The van der Waals surface area contributed by atoms with Gasteiger partial charge in [0.15, 0.2) is 0 Å². The van der Waals surface area contributed by atoms with Crippen molar-refractivity contribution in [2.75, 3.05) is 7.11 Å². The van der Waals surface area contributed by atoms with Crippen LogP contribution in [0.2, 0.25) is 0 Å². The maximum atomic E-state index is 5.68. The van der Waals surface area contributed by atoms with Crippen LogP contribution >= 0.6 is 0 Å². The number of nitrogens with two attached hydrogens (primary N) is 1. The lowest BCUT2D eigenvalue weighted by Crippen LogP contribution is -2.02. The Morgan fingerprint density at radius 1 is 1.50 bits per heavy atom. The Hall–Kier alpha value is -1.03. The van der Waals surface area contributed by atoms with Crippen LogP contribution in [0.4, 0.5) is 0 Å². The van der Waals surface area contributed by atoms with Gasteiger partial charge in [-0.05, 0) is 12.8 Å². The second kappa shape index (κ2) is 5.00. The molecule has 4 heteroatoms. The molecule has 0 aliphatic heterocycles. The van der Waals surface area contributed by atoms with Crippen LogP contribution in [0.5, 0.6) is 5.88 Å². The van der Waals surface area contributed by atoms with Gasteiger partial charge in [-0.15, -0.1) is 0 Å². The van der Waals surface area contributed by atoms with Crippen LogP contribution < -0.4 is 10.5 Å². The molecule has 0 atom stereocenters. The third-order valence-corrected chi connectivity index (χ3v) is 2.34. The molecule has 4 nitrogen and oxygen atoms in total. The molecule has 1 heterocycles. The van der Waals surface area contributed by atoms with Crippen LogP contribution in [0.15, 0.2) is 0 Å². The van der Waals surface area contributed by atoms with Gasteiger partial charge in [0.2, 0.25) is 5.88 Å². The van der Waals surface area contributed by atoms with E-state index >= 15 is 0 Å². The minimum Gasteiger partial charge on any atom is -0.481 e. The molecular weight excluding hydrogens is 178 g/mol. The Bertz CT molecular complexity index is 294. The first-order chi connectivity index (χ1) is 6.74. The lowest BCUT2D eigenvalue weighted by Gasteiger charge is -2.02. The fraction of sp³-hybridized carbons (Fsp3) is 0.700. The first-order valence-electron chi connectivity index (χ1n) is 5.03. The lowest BCUT2D eigenvalue weighted by molar-refractivity contribution is 0.369. The van der Waals surface area contributed by atoms with Crippen LogP contribution in [0.1, 0.15) is 31.0 Å². The van der Waals surface area contributed by atoms with Crippen molar-refractivity contribution in [1.29, 1.82) is 0 Å². The van der Waals surface area contributed by atoms with E-state index in [4.69, 9.17) is 10.5 Å². The molecule has 0 bridgehead atoms. The van der Waals surface area contributed by atoms with Gasteiger partial charge >= 0.3 is 0 Å². The summed E-state index contributed by atoms with van der Waals surface area (Å²) in [6.07, 6.45) is 3.30. The van der Waals surface area contributed by atoms with Gasteiger partial charge in [0.05, 0.1) is 18.4 Å². The summed E-state index contributed by atoms with van der Waals surface area (Å²) >= 11 is 0. The van der Waals surface area contributed by atoms with Gasteiger partial charge in [-0.3, -0.25) is 0 Å². The highest BCUT2D eigenvalue weighted by Gasteiger charge is 2.14. The predicted octanol–water partition coefficient (Wildman–Crippen LogP) is 1.23. The van der Waals surface area contributed by atoms with E-state index < -0.39 is 0 Å². The van der Waals surface area contributed by atoms with Crippen LogP contribution in [0.3, 0.4) is 0 Å². The molecule has 0 saturated heterocycles. The molecule has 80 valence electrons. The Kier molecular flexibility index (Phi) is 3.95. The first kappa shape index (κ1) is 11.0. The summed E-state index contributed by atoms with van der Waals surface area (Å²) in [7, 11) is 3.53. The van der Waals surface area contributed by atoms with Gasteiger partial charge in [0, 0.05) is 13.6 Å². The van der Waals surface area contributed by atoms with E-state index in [0.29, 0.717) is 6.54 Å². The molecule has 1 aromatic rings. The second-order valence-corrected chi connectivity index (χ2v) is 3.37. The molecule has 0 spiro atoms. The van der Waals surface area contributed by atoms with Crippen molar-refractivity contribution < 1.29 is 4.74 Å². The fourth-order valence-electron chi connectivity index (χ4n) is 1.61. The van der Waals surface area contributed by atoms with E-state index in [1.807, 2.05) is 7.05 Å². The zero-order valence-electron chi connectivity index (χ0n) is 9.21. The van der Waals surface area contributed by atoms with Crippen molar-refractivity contribution in [3.8, 4) is 5.88 Å². The van der Waals surface area contributed by atoms with Crippen LogP contribution in [0, 0.1) is 0 Å². The van der Waals surface area contributed by atoms with Gasteiger partial charge in [0.1, 0.15) is 0 Å². The van der Waals surface area contributed by atoms with Gasteiger partial charge in [-0.25, -0.2) is 4.68 Å². The van der Waals surface area contributed by atoms with Gasteiger partial charge in [-0.1, -0.05) is 13.3 Å². The monoisotopic (exact) mass is 197 g/mol. The predicted molar refractivity (Wildman–Crippen MR) is 56.3 cm³/mol. The molecule has 0 unspecified atom stereocenters. The van der Waals surface area contributed by atoms with Gasteiger partial charge in [0.25, 0.3) is 0 Å². The Morgan fingerprint density at radius 3 is 2.71 bits per heavy atom. The van der Waals surface area contributed by atoms with E-state index in [2.05, 4.69) is 12.0 Å².